The maximum Gasteiger partial charge on any atom is 0.244 e. The molecule has 1 unspecified atom stereocenters. The third-order valence-corrected chi connectivity index (χ3v) is 5.13. The number of nitrogens with one attached hydrogen (secondary N) is 1. The van der Waals surface area contributed by atoms with Gasteiger partial charge in [0.15, 0.2) is 0 Å². The Labute approximate surface area is 128 Å². The van der Waals surface area contributed by atoms with Crippen LogP contribution in [0.15, 0.2) is 0 Å². The molecule has 5 heteroatoms. The van der Waals surface area contributed by atoms with Gasteiger partial charge in [0.1, 0.15) is 6.04 Å². The fourth-order valence-electron chi connectivity index (χ4n) is 3.75. The molecule has 2 amide bonds. The van der Waals surface area contributed by atoms with E-state index in [1.165, 1.54) is 19.3 Å². The van der Waals surface area contributed by atoms with Gasteiger partial charge in [-0.2, -0.15) is 0 Å². The lowest BCUT2D eigenvalue weighted by Gasteiger charge is -2.38. The van der Waals surface area contributed by atoms with Crippen molar-refractivity contribution >= 4 is 11.8 Å². The molecule has 0 spiro atoms. The molecule has 0 bridgehead atoms. The Morgan fingerprint density at radius 1 is 1.19 bits per heavy atom. The molecule has 1 aliphatic carbocycles. The molecule has 1 saturated carbocycles. The van der Waals surface area contributed by atoms with E-state index in [9.17, 15) is 9.59 Å². The summed E-state index contributed by atoms with van der Waals surface area (Å²) in [7, 11) is 5.49. The minimum Gasteiger partial charge on any atom is -0.347 e. The highest BCUT2D eigenvalue weighted by Crippen LogP contribution is 2.32. The zero-order valence-corrected chi connectivity index (χ0v) is 13.7. The largest absolute Gasteiger partial charge is 0.347 e. The normalized spacial score (nSPS) is 24.9. The van der Waals surface area contributed by atoms with E-state index in [-0.39, 0.29) is 23.4 Å². The summed E-state index contributed by atoms with van der Waals surface area (Å²) < 4.78 is 0. The summed E-state index contributed by atoms with van der Waals surface area (Å²) >= 11 is 0. The van der Waals surface area contributed by atoms with Gasteiger partial charge in [0.2, 0.25) is 11.8 Å². The van der Waals surface area contributed by atoms with Crippen molar-refractivity contribution in [1.29, 1.82) is 0 Å². The minimum atomic E-state index is -0.245. The van der Waals surface area contributed by atoms with Gasteiger partial charge in [0.25, 0.3) is 0 Å². The van der Waals surface area contributed by atoms with Crippen LogP contribution in [0.4, 0.5) is 0 Å². The first-order chi connectivity index (χ1) is 9.99. The Balaban J connectivity index is 2.03. The van der Waals surface area contributed by atoms with Gasteiger partial charge in [-0.1, -0.05) is 19.3 Å². The molecule has 1 aliphatic heterocycles. The molecule has 120 valence electrons. The lowest BCUT2D eigenvalue weighted by molar-refractivity contribution is -0.143. The van der Waals surface area contributed by atoms with Crippen LogP contribution in [-0.4, -0.2) is 60.9 Å². The van der Waals surface area contributed by atoms with E-state index >= 15 is 0 Å². The van der Waals surface area contributed by atoms with Crippen molar-refractivity contribution in [1.82, 2.24) is 15.1 Å². The maximum absolute atomic E-state index is 12.7. The number of likely N-dealkylation sites (N-methyl/N-ethyl adjacent to an activating group) is 1. The highest BCUT2D eigenvalue weighted by atomic mass is 16.2. The van der Waals surface area contributed by atoms with Crippen LogP contribution in [0.2, 0.25) is 0 Å². The average Bonchev–Trinajstić information content (AvgIpc) is 2.96. The van der Waals surface area contributed by atoms with Crippen LogP contribution in [0.1, 0.15) is 51.4 Å². The standard InChI is InChI=1S/C16H29N3O2/c1-17-16(9-5-4-6-10-16)12-14(20)19-11-7-8-13(19)15(21)18(2)3/h13,17H,4-12H2,1-3H3. The molecule has 0 aromatic heterocycles. The van der Waals surface area contributed by atoms with E-state index in [0.29, 0.717) is 6.42 Å². The smallest absolute Gasteiger partial charge is 0.244 e. The Morgan fingerprint density at radius 3 is 2.43 bits per heavy atom. The van der Waals surface area contributed by atoms with Gasteiger partial charge in [-0.25, -0.2) is 0 Å². The number of nitrogens with zero attached hydrogens (tertiary/aromatic N) is 2. The van der Waals surface area contributed by atoms with Crippen molar-refractivity contribution in [3.63, 3.8) is 0 Å². The summed E-state index contributed by atoms with van der Waals surface area (Å²) in [5.74, 6) is 0.201. The lowest BCUT2D eigenvalue weighted by Crippen LogP contribution is -2.51. The van der Waals surface area contributed by atoms with Gasteiger partial charge in [-0.05, 0) is 32.7 Å². The first-order valence-corrected chi connectivity index (χ1v) is 8.19. The van der Waals surface area contributed by atoms with E-state index in [2.05, 4.69) is 5.32 Å². The first kappa shape index (κ1) is 16.3. The van der Waals surface area contributed by atoms with Crippen LogP contribution in [0.25, 0.3) is 0 Å². The number of rotatable bonds is 4. The number of carbonyl (C=O) groups excluding carboxylic acids is 2. The minimum absolute atomic E-state index is 0.0519. The predicted molar refractivity (Wildman–Crippen MR) is 82.9 cm³/mol. The summed E-state index contributed by atoms with van der Waals surface area (Å²) in [4.78, 5) is 28.4. The maximum atomic E-state index is 12.7. The van der Waals surface area contributed by atoms with Crippen molar-refractivity contribution in [2.45, 2.75) is 62.9 Å². The summed E-state index contributed by atoms with van der Waals surface area (Å²) in [6.07, 6.45) is 8.04. The molecule has 0 aromatic carbocycles. The van der Waals surface area contributed by atoms with Crippen LogP contribution in [-0.2, 0) is 9.59 Å². The third kappa shape index (κ3) is 3.57. The Bertz CT molecular complexity index is 389. The summed E-state index contributed by atoms with van der Waals surface area (Å²) in [5.41, 5.74) is -0.0519. The molecule has 0 aromatic rings. The Hall–Kier alpha value is -1.10. The number of carbonyl (C=O) groups is 2. The highest BCUT2D eigenvalue weighted by Gasteiger charge is 2.39. The van der Waals surface area contributed by atoms with Gasteiger partial charge in [-0.15, -0.1) is 0 Å². The van der Waals surface area contributed by atoms with Crippen LogP contribution in [0.5, 0.6) is 0 Å². The molecule has 5 nitrogen and oxygen atoms in total. The molecular weight excluding hydrogens is 266 g/mol. The van der Waals surface area contributed by atoms with E-state index in [4.69, 9.17) is 0 Å². The molecule has 2 aliphatic rings. The van der Waals surface area contributed by atoms with E-state index in [1.54, 1.807) is 19.0 Å². The summed E-state index contributed by atoms with van der Waals surface area (Å²) in [6.45, 7) is 0.725. The van der Waals surface area contributed by atoms with E-state index in [1.807, 2.05) is 11.9 Å². The van der Waals surface area contributed by atoms with Crippen LogP contribution in [0.3, 0.4) is 0 Å². The van der Waals surface area contributed by atoms with E-state index in [0.717, 1.165) is 32.2 Å². The lowest BCUT2D eigenvalue weighted by atomic mass is 9.79. The van der Waals surface area contributed by atoms with Crippen LogP contribution < -0.4 is 5.32 Å². The zero-order valence-electron chi connectivity index (χ0n) is 13.7. The fraction of sp³-hybridized carbons (Fsp3) is 0.875. The SMILES string of the molecule is CNC1(CC(=O)N2CCCC2C(=O)N(C)C)CCCCC1. The quantitative estimate of drug-likeness (QED) is 0.852. The molecule has 0 radical (unpaired) electrons. The fourth-order valence-corrected chi connectivity index (χ4v) is 3.75. The molecule has 1 heterocycles. The number of amides is 2. The monoisotopic (exact) mass is 295 g/mol. The van der Waals surface area contributed by atoms with Crippen LogP contribution >= 0.6 is 0 Å². The van der Waals surface area contributed by atoms with Gasteiger partial charge in [0, 0.05) is 32.6 Å². The van der Waals surface area contributed by atoms with Gasteiger partial charge < -0.3 is 15.1 Å². The van der Waals surface area contributed by atoms with Gasteiger partial charge in [0.05, 0.1) is 0 Å². The van der Waals surface area contributed by atoms with Crippen molar-refractivity contribution in [2.75, 3.05) is 27.7 Å². The second-order valence-electron chi connectivity index (χ2n) is 6.75. The summed E-state index contributed by atoms with van der Waals surface area (Å²) in [6, 6.07) is -0.245. The van der Waals surface area contributed by atoms with Crippen molar-refractivity contribution in [3.05, 3.63) is 0 Å². The third-order valence-electron chi connectivity index (χ3n) is 5.13. The molecule has 2 rings (SSSR count). The van der Waals surface area contributed by atoms with Gasteiger partial charge >= 0.3 is 0 Å². The van der Waals surface area contributed by atoms with Crippen molar-refractivity contribution < 1.29 is 9.59 Å². The second kappa shape index (κ2) is 6.77. The predicted octanol–water partition coefficient (Wildman–Crippen LogP) is 1.38. The average molecular weight is 295 g/mol. The molecule has 2 fully saturated rings. The highest BCUT2D eigenvalue weighted by molar-refractivity contribution is 5.88. The molecule has 1 atom stereocenters. The second-order valence-corrected chi connectivity index (χ2v) is 6.75. The van der Waals surface area contributed by atoms with Gasteiger partial charge in [-0.3, -0.25) is 9.59 Å². The van der Waals surface area contributed by atoms with E-state index < -0.39 is 0 Å². The first-order valence-electron chi connectivity index (χ1n) is 8.19. The number of hydrogen-bond donors (Lipinski definition) is 1. The van der Waals surface area contributed by atoms with Crippen molar-refractivity contribution in [2.24, 2.45) is 0 Å². The molecule has 1 saturated heterocycles. The Morgan fingerprint density at radius 2 is 1.86 bits per heavy atom. The number of hydrogen-bond acceptors (Lipinski definition) is 3. The summed E-state index contributed by atoms with van der Waals surface area (Å²) in [5, 5.41) is 3.40. The number of likely N-dealkylation sites (tertiary alicyclic amines) is 1. The Kier molecular flexibility index (Phi) is 5.25. The molecule has 21 heavy (non-hydrogen) atoms. The topological polar surface area (TPSA) is 52.7 Å². The van der Waals surface area contributed by atoms with Crippen molar-refractivity contribution in [3.8, 4) is 0 Å². The molecular formula is C16H29N3O2. The zero-order chi connectivity index (χ0) is 15.5. The van der Waals surface area contributed by atoms with Crippen LogP contribution in [0, 0.1) is 0 Å². The molecule has 1 N–H and O–H groups in total.